The van der Waals surface area contributed by atoms with Crippen LogP contribution in [-0.4, -0.2) is 12.3 Å². The van der Waals surface area contributed by atoms with Crippen molar-refractivity contribution < 1.29 is 4.79 Å². The van der Waals surface area contributed by atoms with E-state index in [4.69, 9.17) is 0 Å². The van der Waals surface area contributed by atoms with Gasteiger partial charge in [-0.2, -0.15) is 0 Å². The fourth-order valence-electron chi connectivity index (χ4n) is 3.75. The molecule has 2 fully saturated rings. The second-order valence-corrected chi connectivity index (χ2v) is 5.90. The zero-order chi connectivity index (χ0) is 12.4. The highest BCUT2D eigenvalue weighted by molar-refractivity contribution is 5.83. The number of nitrogens with one attached hydrogen (secondary N) is 1. The van der Waals surface area contributed by atoms with Gasteiger partial charge < -0.3 is 5.32 Å². The van der Waals surface area contributed by atoms with Gasteiger partial charge in [0, 0.05) is 12.1 Å². The summed E-state index contributed by atoms with van der Waals surface area (Å²) in [4.78, 5) is 12.0. The molecule has 2 nitrogen and oxygen atoms in total. The number of carbonyl (C=O) groups is 1. The Morgan fingerprint density at radius 3 is 2.67 bits per heavy atom. The molecule has 18 heavy (non-hydrogen) atoms. The average Bonchev–Trinajstić information content (AvgIpc) is 3.00. The van der Waals surface area contributed by atoms with E-state index in [0.29, 0.717) is 18.2 Å². The van der Waals surface area contributed by atoms with Crippen molar-refractivity contribution in [2.45, 2.75) is 32.1 Å². The van der Waals surface area contributed by atoms with Gasteiger partial charge in [-0.05, 0) is 49.1 Å². The van der Waals surface area contributed by atoms with Crippen molar-refractivity contribution in [1.29, 1.82) is 0 Å². The molecule has 2 aliphatic rings. The molecule has 0 amide bonds. The first kappa shape index (κ1) is 11.8. The third kappa shape index (κ3) is 2.58. The van der Waals surface area contributed by atoms with Gasteiger partial charge in [-0.15, -0.1) is 0 Å². The van der Waals surface area contributed by atoms with Crippen molar-refractivity contribution >= 4 is 11.5 Å². The summed E-state index contributed by atoms with van der Waals surface area (Å²) in [6, 6.07) is 9.98. The summed E-state index contributed by atoms with van der Waals surface area (Å²) in [6.45, 7) is 0.484. The number of para-hydroxylation sites is 1. The molecule has 0 spiro atoms. The van der Waals surface area contributed by atoms with E-state index < -0.39 is 0 Å². The maximum absolute atomic E-state index is 12.0. The molecule has 0 aromatic heterocycles. The number of benzene rings is 1. The van der Waals surface area contributed by atoms with E-state index in [0.717, 1.165) is 23.9 Å². The van der Waals surface area contributed by atoms with Gasteiger partial charge in [-0.3, -0.25) is 4.79 Å². The number of Topliss-reactive ketones (excluding diaryl/α,β-unsaturated/α-hetero) is 1. The molecule has 3 atom stereocenters. The highest BCUT2D eigenvalue weighted by Crippen LogP contribution is 2.49. The third-order valence-electron chi connectivity index (χ3n) is 4.64. The Bertz CT molecular complexity index is 414. The first-order chi connectivity index (χ1) is 8.81. The minimum atomic E-state index is 0.372. The standard InChI is InChI=1S/C16H21NO/c18-16(11-17-15-4-2-1-3-5-15)10-14-9-12-6-7-13(14)8-12/h1-5,12-14,17H,6-11H2. The van der Waals surface area contributed by atoms with Crippen LogP contribution < -0.4 is 5.32 Å². The molecule has 2 bridgehead atoms. The molecule has 0 saturated heterocycles. The number of rotatable bonds is 5. The summed E-state index contributed by atoms with van der Waals surface area (Å²) in [5.41, 5.74) is 1.04. The quantitative estimate of drug-likeness (QED) is 0.857. The molecule has 2 heteroatoms. The Hall–Kier alpha value is -1.31. The molecular formula is C16H21NO. The highest BCUT2D eigenvalue weighted by Gasteiger charge is 2.39. The summed E-state index contributed by atoms with van der Waals surface area (Å²) >= 11 is 0. The van der Waals surface area contributed by atoms with Crippen LogP contribution >= 0.6 is 0 Å². The summed E-state index contributed by atoms with van der Waals surface area (Å²) in [5, 5.41) is 3.21. The number of carbonyl (C=O) groups excluding carboxylic acids is 1. The lowest BCUT2D eigenvalue weighted by atomic mass is 9.85. The summed E-state index contributed by atoms with van der Waals surface area (Å²) < 4.78 is 0. The number of fused-ring (bicyclic) bond motifs is 2. The Morgan fingerprint density at radius 2 is 2.00 bits per heavy atom. The zero-order valence-corrected chi connectivity index (χ0v) is 10.8. The van der Waals surface area contributed by atoms with Crippen LogP contribution in [0, 0.1) is 17.8 Å². The maximum Gasteiger partial charge on any atom is 0.152 e. The second-order valence-electron chi connectivity index (χ2n) is 5.90. The van der Waals surface area contributed by atoms with Crippen LogP contribution in [0.15, 0.2) is 30.3 Å². The smallest absolute Gasteiger partial charge is 0.152 e. The van der Waals surface area contributed by atoms with E-state index >= 15 is 0 Å². The van der Waals surface area contributed by atoms with E-state index in [1.807, 2.05) is 30.3 Å². The van der Waals surface area contributed by atoms with Crippen molar-refractivity contribution in [3.8, 4) is 0 Å². The Balaban J connectivity index is 1.45. The van der Waals surface area contributed by atoms with Crippen LogP contribution in [0.25, 0.3) is 0 Å². The fraction of sp³-hybridized carbons (Fsp3) is 0.562. The molecule has 0 radical (unpaired) electrons. The lowest BCUT2D eigenvalue weighted by Gasteiger charge is -2.20. The van der Waals surface area contributed by atoms with E-state index in [9.17, 15) is 4.79 Å². The minimum absolute atomic E-state index is 0.372. The van der Waals surface area contributed by atoms with Crippen LogP contribution in [0.4, 0.5) is 5.69 Å². The van der Waals surface area contributed by atoms with Crippen molar-refractivity contribution in [2.75, 3.05) is 11.9 Å². The average molecular weight is 243 g/mol. The molecule has 1 aromatic carbocycles. The van der Waals surface area contributed by atoms with Crippen LogP contribution in [0.1, 0.15) is 32.1 Å². The Labute approximate surface area is 109 Å². The number of hydrogen-bond acceptors (Lipinski definition) is 2. The lowest BCUT2D eigenvalue weighted by Crippen LogP contribution is -2.20. The lowest BCUT2D eigenvalue weighted by molar-refractivity contribution is -0.118. The zero-order valence-electron chi connectivity index (χ0n) is 10.8. The van der Waals surface area contributed by atoms with E-state index in [1.165, 1.54) is 25.7 Å². The van der Waals surface area contributed by atoms with Crippen molar-refractivity contribution in [1.82, 2.24) is 0 Å². The molecule has 0 heterocycles. The first-order valence-corrected chi connectivity index (χ1v) is 7.12. The summed E-state index contributed by atoms with van der Waals surface area (Å²) in [5.74, 6) is 2.86. The van der Waals surface area contributed by atoms with Crippen LogP contribution in [0.3, 0.4) is 0 Å². The topological polar surface area (TPSA) is 29.1 Å². The molecule has 3 rings (SSSR count). The van der Waals surface area contributed by atoms with Crippen molar-refractivity contribution in [3.05, 3.63) is 30.3 Å². The van der Waals surface area contributed by atoms with E-state index in [2.05, 4.69) is 5.32 Å². The Morgan fingerprint density at radius 1 is 1.17 bits per heavy atom. The van der Waals surface area contributed by atoms with Crippen LogP contribution in [0.5, 0.6) is 0 Å². The molecule has 96 valence electrons. The molecule has 1 aromatic rings. The first-order valence-electron chi connectivity index (χ1n) is 7.12. The molecule has 3 unspecified atom stereocenters. The predicted octanol–water partition coefficient (Wildman–Crippen LogP) is 3.49. The molecular weight excluding hydrogens is 222 g/mol. The van der Waals surface area contributed by atoms with Gasteiger partial charge in [-0.1, -0.05) is 24.6 Å². The monoisotopic (exact) mass is 243 g/mol. The van der Waals surface area contributed by atoms with E-state index in [1.54, 1.807) is 0 Å². The fourth-order valence-corrected chi connectivity index (χ4v) is 3.75. The molecule has 2 saturated carbocycles. The van der Waals surface area contributed by atoms with Gasteiger partial charge in [0.2, 0.25) is 0 Å². The third-order valence-corrected chi connectivity index (χ3v) is 4.64. The molecule has 0 aliphatic heterocycles. The maximum atomic E-state index is 12.0. The predicted molar refractivity (Wildman–Crippen MR) is 73.5 cm³/mol. The van der Waals surface area contributed by atoms with Gasteiger partial charge in [0.25, 0.3) is 0 Å². The SMILES string of the molecule is O=C(CNc1ccccc1)CC1CC2CCC1C2. The van der Waals surface area contributed by atoms with Crippen LogP contribution in [0.2, 0.25) is 0 Å². The molecule has 2 aliphatic carbocycles. The summed E-state index contributed by atoms with van der Waals surface area (Å²) in [6.07, 6.45) is 6.28. The van der Waals surface area contributed by atoms with Gasteiger partial charge >= 0.3 is 0 Å². The van der Waals surface area contributed by atoms with Gasteiger partial charge in [0.15, 0.2) is 5.78 Å². The van der Waals surface area contributed by atoms with Gasteiger partial charge in [0.05, 0.1) is 6.54 Å². The second kappa shape index (κ2) is 5.13. The highest BCUT2D eigenvalue weighted by atomic mass is 16.1. The normalized spacial score (nSPS) is 29.4. The number of ketones is 1. The number of anilines is 1. The molecule has 1 N–H and O–H groups in total. The van der Waals surface area contributed by atoms with Gasteiger partial charge in [0.1, 0.15) is 0 Å². The summed E-state index contributed by atoms with van der Waals surface area (Å²) in [7, 11) is 0. The minimum Gasteiger partial charge on any atom is -0.378 e. The van der Waals surface area contributed by atoms with Gasteiger partial charge in [-0.25, -0.2) is 0 Å². The van der Waals surface area contributed by atoms with Crippen molar-refractivity contribution in [3.63, 3.8) is 0 Å². The van der Waals surface area contributed by atoms with E-state index in [-0.39, 0.29) is 0 Å². The van der Waals surface area contributed by atoms with Crippen molar-refractivity contribution in [2.24, 2.45) is 17.8 Å². The largest absolute Gasteiger partial charge is 0.378 e. The van der Waals surface area contributed by atoms with Crippen LogP contribution in [-0.2, 0) is 4.79 Å². The number of hydrogen-bond donors (Lipinski definition) is 1. The Kier molecular flexibility index (Phi) is 3.35.